The third-order valence-corrected chi connectivity index (χ3v) is 13.0. The van der Waals surface area contributed by atoms with Gasteiger partial charge in [0, 0.05) is 25.6 Å². The zero-order valence-corrected chi connectivity index (χ0v) is 24.9. The minimum absolute atomic E-state index is 0.0788. The summed E-state index contributed by atoms with van der Waals surface area (Å²) >= 11 is 0. The molecule has 1 amide bonds. The number of amides is 1. The number of benzene rings is 2. The van der Waals surface area contributed by atoms with Crippen molar-refractivity contribution in [1.82, 2.24) is 9.62 Å². The average molecular weight is 651 g/mol. The predicted molar refractivity (Wildman–Crippen MR) is 145 cm³/mol. The molecule has 1 saturated heterocycles. The van der Waals surface area contributed by atoms with Crippen molar-refractivity contribution < 1.29 is 48.7 Å². The summed E-state index contributed by atoms with van der Waals surface area (Å²) in [5, 5.41) is 13.3. The van der Waals surface area contributed by atoms with Crippen molar-refractivity contribution in [3.8, 4) is 0 Å². The molecule has 2 aromatic rings. The number of hydrogen-bond acceptors (Lipinski definition) is 6. The van der Waals surface area contributed by atoms with E-state index in [1.165, 1.54) is 6.07 Å². The maximum absolute atomic E-state index is 14.9. The number of carbonyl (C=O) groups is 1. The summed E-state index contributed by atoms with van der Waals surface area (Å²) in [5.74, 6) is -2.95. The zero-order valence-electron chi connectivity index (χ0n) is 23.3. The molecule has 8 nitrogen and oxygen atoms in total. The number of halogens is 5. The van der Waals surface area contributed by atoms with E-state index in [4.69, 9.17) is 0 Å². The summed E-state index contributed by atoms with van der Waals surface area (Å²) in [5.41, 5.74) is -5.46. The van der Waals surface area contributed by atoms with Crippen molar-refractivity contribution in [2.45, 2.75) is 59.7 Å². The number of carbonyl (C=O) groups excluding carboxylic acids is 1. The number of rotatable bonds is 7. The van der Waals surface area contributed by atoms with Gasteiger partial charge < -0.3 is 10.4 Å². The molecule has 2 fully saturated rings. The van der Waals surface area contributed by atoms with Gasteiger partial charge in [0.2, 0.25) is 21.6 Å². The lowest BCUT2D eigenvalue weighted by Gasteiger charge is -2.45. The lowest BCUT2D eigenvalue weighted by atomic mass is 9.72. The Morgan fingerprint density at radius 2 is 1.67 bits per heavy atom. The fourth-order valence-corrected chi connectivity index (χ4v) is 10.2. The molecule has 1 heterocycles. The molecule has 4 atom stereocenters. The van der Waals surface area contributed by atoms with Crippen LogP contribution in [-0.2, 0) is 41.5 Å². The van der Waals surface area contributed by atoms with Crippen LogP contribution < -0.4 is 5.32 Å². The standard InChI is InChI=1S/C28H31F5N2O6S2/c1-25(30,28(31,32)33)18-4-10-22-17(13-18)3-9-23-21(24(36)34-14-26(37)15-35(16-26)42(2,38)39)11-12-27(22,23)43(40,41)20-7-5-19(29)6-8-20/h4-8,10,13,21,23,37H,3,9,11-12,14-16H2,1-2H3,(H,34,36)/t21-,23+,25?,27-/m1/s1. The van der Waals surface area contributed by atoms with Crippen molar-refractivity contribution in [3.63, 3.8) is 0 Å². The molecule has 3 aliphatic rings. The number of aliphatic hydroxyl groups is 1. The molecule has 0 radical (unpaired) electrons. The second kappa shape index (κ2) is 10.2. The maximum Gasteiger partial charge on any atom is 0.426 e. The first-order chi connectivity index (χ1) is 19.7. The van der Waals surface area contributed by atoms with Gasteiger partial charge in [0.1, 0.15) is 16.2 Å². The Morgan fingerprint density at radius 3 is 2.26 bits per heavy atom. The molecule has 2 aromatic carbocycles. The molecule has 1 unspecified atom stereocenters. The number of nitrogens with zero attached hydrogens (tertiary/aromatic N) is 1. The van der Waals surface area contributed by atoms with Crippen LogP contribution in [0.15, 0.2) is 47.4 Å². The number of nitrogens with one attached hydrogen (secondary N) is 1. The molecule has 1 saturated carbocycles. The number of β-amino-alcohol motifs (C(OH)–C–C–N with tert-alkyl or cyclic N) is 1. The van der Waals surface area contributed by atoms with Crippen LogP contribution in [0.5, 0.6) is 0 Å². The lowest BCUT2D eigenvalue weighted by molar-refractivity contribution is -0.228. The largest absolute Gasteiger partial charge is 0.426 e. The highest BCUT2D eigenvalue weighted by molar-refractivity contribution is 7.92. The average Bonchev–Trinajstić information content (AvgIpc) is 3.31. The van der Waals surface area contributed by atoms with Crippen LogP contribution in [0.25, 0.3) is 0 Å². The Morgan fingerprint density at radius 1 is 1.05 bits per heavy atom. The van der Waals surface area contributed by atoms with E-state index in [0.717, 1.165) is 47.0 Å². The Labute approximate surface area is 246 Å². The van der Waals surface area contributed by atoms with Gasteiger partial charge in [-0.05, 0) is 79.5 Å². The normalized spacial score (nSPS) is 27.0. The van der Waals surface area contributed by atoms with Crippen LogP contribution >= 0.6 is 0 Å². The topological polar surface area (TPSA) is 121 Å². The Kier molecular flexibility index (Phi) is 7.55. The van der Waals surface area contributed by atoms with E-state index in [9.17, 15) is 48.7 Å². The van der Waals surface area contributed by atoms with Crippen molar-refractivity contribution in [3.05, 3.63) is 65.0 Å². The fourth-order valence-electron chi connectivity index (χ4n) is 6.79. The summed E-state index contributed by atoms with van der Waals surface area (Å²) in [6, 6.07) is 7.28. The summed E-state index contributed by atoms with van der Waals surface area (Å²) in [6.07, 6.45) is -4.06. The molecule has 0 aromatic heterocycles. The maximum atomic E-state index is 14.9. The van der Waals surface area contributed by atoms with Gasteiger partial charge in [-0.1, -0.05) is 18.2 Å². The van der Waals surface area contributed by atoms with Crippen LogP contribution in [0.2, 0.25) is 0 Å². The highest BCUT2D eigenvalue weighted by Crippen LogP contribution is 2.59. The molecule has 15 heteroatoms. The molecular formula is C28H31F5N2O6S2. The van der Waals surface area contributed by atoms with Gasteiger partial charge in [0.15, 0.2) is 9.84 Å². The summed E-state index contributed by atoms with van der Waals surface area (Å²) in [6.45, 7) is -0.313. The summed E-state index contributed by atoms with van der Waals surface area (Å²) < 4.78 is 120. The van der Waals surface area contributed by atoms with E-state index < -0.39 is 71.2 Å². The van der Waals surface area contributed by atoms with Crippen LogP contribution in [0.3, 0.4) is 0 Å². The molecule has 5 rings (SSSR count). The van der Waals surface area contributed by atoms with Crippen LogP contribution in [0.4, 0.5) is 22.0 Å². The highest BCUT2D eigenvalue weighted by atomic mass is 32.2. The first kappa shape index (κ1) is 31.8. The van der Waals surface area contributed by atoms with Crippen molar-refractivity contribution in [2.75, 3.05) is 25.9 Å². The van der Waals surface area contributed by atoms with Gasteiger partial charge in [0.25, 0.3) is 0 Å². The Bertz CT molecular complexity index is 1660. The summed E-state index contributed by atoms with van der Waals surface area (Å²) in [4.78, 5) is 13.2. The van der Waals surface area contributed by atoms with E-state index in [1.54, 1.807) is 0 Å². The minimum Gasteiger partial charge on any atom is -0.385 e. The van der Waals surface area contributed by atoms with E-state index in [1.807, 2.05) is 0 Å². The number of fused-ring (bicyclic) bond motifs is 3. The first-order valence-electron chi connectivity index (χ1n) is 13.6. The number of alkyl halides is 4. The third kappa shape index (κ3) is 5.15. The highest BCUT2D eigenvalue weighted by Gasteiger charge is 2.62. The molecule has 236 valence electrons. The van der Waals surface area contributed by atoms with Gasteiger partial charge in [-0.25, -0.2) is 25.6 Å². The first-order valence-corrected chi connectivity index (χ1v) is 16.9. The van der Waals surface area contributed by atoms with Gasteiger partial charge in [0.05, 0.1) is 11.2 Å². The SMILES string of the molecule is CC(F)(c1ccc2c(c1)CC[C@H]1[C@H](C(=O)NCC3(O)CN(S(C)(=O)=O)C3)CC[C@@]21S(=O)(=O)c1ccc(F)cc1)C(F)(F)F. The Hall–Kier alpha value is -2.62. The van der Waals surface area contributed by atoms with Crippen LogP contribution in [0.1, 0.15) is 42.9 Å². The molecule has 0 bridgehead atoms. The number of hydrogen-bond donors (Lipinski definition) is 2. The van der Waals surface area contributed by atoms with Crippen molar-refractivity contribution >= 4 is 25.8 Å². The fraction of sp³-hybridized carbons (Fsp3) is 0.536. The molecule has 0 spiro atoms. The third-order valence-electron chi connectivity index (χ3n) is 9.21. The Balaban J connectivity index is 1.51. The second-order valence-electron chi connectivity index (χ2n) is 12.0. The summed E-state index contributed by atoms with van der Waals surface area (Å²) in [7, 11) is -7.90. The van der Waals surface area contributed by atoms with Gasteiger partial charge >= 0.3 is 6.18 Å². The number of aryl methyl sites for hydroxylation is 1. The van der Waals surface area contributed by atoms with Gasteiger partial charge in [-0.3, -0.25) is 4.79 Å². The smallest absolute Gasteiger partial charge is 0.385 e. The number of sulfone groups is 1. The van der Waals surface area contributed by atoms with E-state index in [2.05, 4.69) is 5.32 Å². The van der Waals surface area contributed by atoms with Crippen molar-refractivity contribution in [2.24, 2.45) is 11.8 Å². The zero-order chi connectivity index (χ0) is 31.8. The van der Waals surface area contributed by atoms with Crippen LogP contribution in [0, 0.1) is 17.7 Å². The minimum atomic E-state index is -5.21. The van der Waals surface area contributed by atoms with E-state index >= 15 is 0 Å². The quantitative estimate of drug-likeness (QED) is 0.351. The van der Waals surface area contributed by atoms with Gasteiger partial charge in [-0.15, -0.1) is 0 Å². The second-order valence-corrected chi connectivity index (χ2v) is 16.2. The van der Waals surface area contributed by atoms with Gasteiger partial charge in [-0.2, -0.15) is 17.5 Å². The van der Waals surface area contributed by atoms with Crippen molar-refractivity contribution in [1.29, 1.82) is 0 Å². The van der Waals surface area contributed by atoms with E-state index in [-0.39, 0.29) is 61.3 Å². The molecule has 2 N–H and O–H groups in total. The molecule has 1 aliphatic heterocycles. The van der Waals surface area contributed by atoms with E-state index in [0.29, 0.717) is 6.92 Å². The lowest BCUT2D eigenvalue weighted by Crippen LogP contribution is -2.67. The molecule has 2 aliphatic carbocycles. The molecular weight excluding hydrogens is 619 g/mol. The number of sulfonamides is 1. The van der Waals surface area contributed by atoms with Crippen LogP contribution in [-0.4, -0.2) is 69.8 Å². The monoisotopic (exact) mass is 650 g/mol. The molecule has 43 heavy (non-hydrogen) atoms. The predicted octanol–water partition coefficient (Wildman–Crippen LogP) is 3.34.